The highest BCUT2D eigenvalue weighted by Gasteiger charge is 2.08. The van der Waals surface area contributed by atoms with Gasteiger partial charge < -0.3 is 10.2 Å². The molecular weight excluding hydrogens is 291 g/mol. The molecule has 2 aromatic rings. The van der Waals surface area contributed by atoms with Gasteiger partial charge in [0.2, 0.25) is 0 Å². The summed E-state index contributed by atoms with van der Waals surface area (Å²) in [5, 5.41) is 4.64. The van der Waals surface area contributed by atoms with E-state index in [2.05, 4.69) is 28.4 Å². The molecule has 0 aromatic heterocycles. The third-order valence-electron chi connectivity index (χ3n) is 3.11. The first-order chi connectivity index (χ1) is 9.60. The van der Waals surface area contributed by atoms with E-state index < -0.39 is 0 Å². The maximum Gasteiger partial charge on any atom is 0.0642 e. The van der Waals surface area contributed by atoms with Crippen molar-refractivity contribution in [2.75, 3.05) is 19.0 Å². The van der Waals surface area contributed by atoms with E-state index in [9.17, 15) is 0 Å². The normalized spacial score (nSPS) is 10.6. The lowest BCUT2D eigenvalue weighted by molar-refractivity contribution is 0.817. The molecule has 1 N–H and O–H groups in total. The number of nitrogens with zero attached hydrogens (tertiary/aromatic N) is 1. The lowest BCUT2D eigenvalue weighted by atomic mass is 10.1. The smallest absolute Gasteiger partial charge is 0.0642 e. The largest absolute Gasteiger partial charge is 0.369 e. The van der Waals surface area contributed by atoms with Crippen molar-refractivity contribution < 1.29 is 0 Å². The number of benzene rings is 2. The molecular formula is C16H18Cl2N2. The van der Waals surface area contributed by atoms with Gasteiger partial charge >= 0.3 is 0 Å². The van der Waals surface area contributed by atoms with Crippen molar-refractivity contribution in [3.8, 4) is 0 Å². The molecule has 20 heavy (non-hydrogen) atoms. The van der Waals surface area contributed by atoms with Crippen LogP contribution in [-0.2, 0) is 13.1 Å². The van der Waals surface area contributed by atoms with Gasteiger partial charge in [-0.3, -0.25) is 0 Å². The fourth-order valence-electron chi connectivity index (χ4n) is 2.17. The average Bonchev–Trinajstić information content (AvgIpc) is 2.39. The summed E-state index contributed by atoms with van der Waals surface area (Å²) < 4.78 is 0. The Morgan fingerprint density at radius 2 is 1.85 bits per heavy atom. The predicted molar refractivity (Wildman–Crippen MR) is 87.8 cm³/mol. The second kappa shape index (κ2) is 6.98. The van der Waals surface area contributed by atoms with Crippen LogP contribution in [-0.4, -0.2) is 14.1 Å². The molecule has 106 valence electrons. The van der Waals surface area contributed by atoms with Crippen molar-refractivity contribution in [1.29, 1.82) is 0 Å². The zero-order chi connectivity index (χ0) is 14.5. The molecule has 0 spiro atoms. The molecule has 2 rings (SSSR count). The first kappa shape index (κ1) is 15.2. The van der Waals surface area contributed by atoms with Crippen molar-refractivity contribution in [3.05, 3.63) is 63.6 Å². The first-order valence-corrected chi connectivity index (χ1v) is 7.24. The lowest BCUT2D eigenvalue weighted by Gasteiger charge is -2.21. The number of hydrogen-bond acceptors (Lipinski definition) is 2. The van der Waals surface area contributed by atoms with E-state index in [1.165, 1.54) is 5.56 Å². The van der Waals surface area contributed by atoms with Gasteiger partial charge in [-0.2, -0.15) is 0 Å². The van der Waals surface area contributed by atoms with E-state index in [-0.39, 0.29) is 0 Å². The van der Waals surface area contributed by atoms with E-state index in [0.717, 1.165) is 34.4 Å². The lowest BCUT2D eigenvalue weighted by Crippen LogP contribution is -2.17. The number of halogens is 2. The van der Waals surface area contributed by atoms with Crippen LogP contribution in [0.4, 0.5) is 5.69 Å². The Bertz CT molecular complexity index is 584. The van der Waals surface area contributed by atoms with Crippen LogP contribution in [0.25, 0.3) is 0 Å². The van der Waals surface area contributed by atoms with Crippen LogP contribution in [0, 0.1) is 0 Å². The third kappa shape index (κ3) is 3.89. The van der Waals surface area contributed by atoms with Gasteiger partial charge in [0.05, 0.1) is 10.7 Å². The van der Waals surface area contributed by atoms with E-state index in [0.29, 0.717) is 0 Å². The Morgan fingerprint density at radius 1 is 1.05 bits per heavy atom. The molecule has 2 nitrogen and oxygen atoms in total. The molecule has 0 aliphatic carbocycles. The molecule has 0 saturated heterocycles. The van der Waals surface area contributed by atoms with E-state index in [4.69, 9.17) is 23.2 Å². The monoisotopic (exact) mass is 308 g/mol. The Morgan fingerprint density at radius 3 is 2.50 bits per heavy atom. The van der Waals surface area contributed by atoms with Crippen LogP contribution in [0.5, 0.6) is 0 Å². The minimum atomic E-state index is 0.756. The summed E-state index contributed by atoms with van der Waals surface area (Å²) in [6, 6.07) is 14.0. The maximum atomic E-state index is 6.36. The van der Waals surface area contributed by atoms with Gasteiger partial charge in [0.15, 0.2) is 0 Å². The van der Waals surface area contributed by atoms with Crippen molar-refractivity contribution in [2.24, 2.45) is 0 Å². The fraction of sp³-hybridized carbons (Fsp3) is 0.250. The van der Waals surface area contributed by atoms with Gasteiger partial charge in [-0.1, -0.05) is 41.4 Å². The number of hydrogen-bond donors (Lipinski definition) is 1. The highest BCUT2D eigenvalue weighted by atomic mass is 35.5. The number of anilines is 1. The van der Waals surface area contributed by atoms with Crippen LogP contribution in [0.15, 0.2) is 42.5 Å². The minimum absolute atomic E-state index is 0.756. The molecule has 0 aliphatic heterocycles. The molecule has 0 fully saturated rings. The molecule has 0 bridgehead atoms. The Labute approximate surface area is 130 Å². The van der Waals surface area contributed by atoms with Crippen LogP contribution < -0.4 is 10.2 Å². The topological polar surface area (TPSA) is 15.3 Å². The van der Waals surface area contributed by atoms with Crippen molar-refractivity contribution in [1.82, 2.24) is 5.32 Å². The quantitative estimate of drug-likeness (QED) is 0.883. The first-order valence-electron chi connectivity index (χ1n) is 6.49. The summed E-state index contributed by atoms with van der Waals surface area (Å²) in [4.78, 5) is 2.12. The van der Waals surface area contributed by atoms with Crippen molar-refractivity contribution in [2.45, 2.75) is 13.1 Å². The minimum Gasteiger partial charge on any atom is -0.369 e. The Kier molecular flexibility index (Phi) is 5.30. The average molecular weight is 309 g/mol. The number of rotatable bonds is 5. The maximum absolute atomic E-state index is 6.36. The van der Waals surface area contributed by atoms with Crippen molar-refractivity contribution >= 4 is 28.9 Å². The second-order valence-electron chi connectivity index (χ2n) is 4.80. The summed E-state index contributed by atoms with van der Waals surface area (Å²) in [6.07, 6.45) is 0. The Balaban J connectivity index is 2.14. The molecule has 4 heteroatoms. The summed E-state index contributed by atoms with van der Waals surface area (Å²) >= 11 is 12.4. The molecule has 0 unspecified atom stereocenters. The third-order valence-corrected chi connectivity index (χ3v) is 3.65. The molecule has 0 atom stereocenters. The SMILES string of the molecule is CNCc1ccc(N(C)Cc2cccc(Cl)c2)c(Cl)c1. The van der Waals surface area contributed by atoms with Gasteiger partial charge in [0.25, 0.3) is 0 Å². The highest BCUT2D eigenvalue weighted by molar-refractivity contribution is 6.33. The summed E-state index contributed by atoms with van der Waals surface area (Å²) in [5.74, 6) is 0. The molecule has 0 saturated carbocycles. The van der Waals surface area contributed by atoms with Gasteiger partial charge in [0, 0.05) is 25.2 Å². The summed E-state index contributed by atoms with van der Waals surface area (Å²) in [5.41, 5.74) is 3.36. The standard InChI is InChI=1S/C16H18Cl2N2/c1-19-10-12-6-7-16(15(18)9-12)20(2)11-13-4-3-5-14(17)8-13/h3-9,19H,10-11H2,1-2H3. The van der Waals surface area contributed by atoms with E-state index in [1.54, 1.807) is 0 Å². The van der Waals surface area contributed by atoms with Crippen LogP contribution in [0.2, 0.25) is 10.0 Å². The predicted octanol–water partition coefficient (Wildman–Crippen LogP) is 4.35. The zero-order valence-electron chi connectivity index (χ0n) is 11.7. The van der Waals surface area contributed by atoms with Crippen LogP contribution in [0.1, 0.15) is 11.1 Å². The summed E-state index contributed by atoms with van der Waals surface area (Å²) in [7, 11) is 3.95. The second-order valence-corrected chi connectivity index (χ2v) is 5.65. The zero-order valence-corrected chi connectivity index (χ0v) is 13.2. The molecule has 0 radical (unpaired) electrons. The fourth-order valence-corrected chi connectivity index (χ4v) is 2.73. The molecule has 2 aromatic carbocycles. The van der Waals surface area contributed by atoms with Gasteiger partial charge in [0.1, 0.15) is 0 Å². The van der Waals surface area contributed by atoms with Gasteiger partial charge in [-0.15, -0.1) is 0 Å². The van der Waals surface area contributed by atoms with Crippen LogP contribution >= 0.6 is 23.2 Å². The highest BCUT2D eigenvalue weighted by Crippen LogP contribution is 2.27. The van der Waals surface area contributed by atoms with Gasteiger partial charge in [-0.25, -0.2) is 0 Å². The number of nitrogens with one attached hydrogen (secondary N) is 1. The molecule has 0 aliphatic rings. The molecule has 0 heterocycles. The van der Waals surface area contributed by atoms with E-state index in [1.807, 2.05) is 38.4 Å². The van der Waals surface area contributed by atoms with Gasteiger partial charge in [-0.05, 0) is 42.4 Å². The van der Waals surface area contributed by atoms with Crippen molar-refractivity contribution in [3.63, 3.8) is 0 Å². The summed E-state index contributed by atoms with van der Waals surface area (Å²) in [6.45, 7) is 1.59. The van der Waals surface area contributed by atoms with E-state index >= 15 is 0 Å². The molecule has 0 amide bonds. The van der Waals surface area contributed by atoms with Crippen LogP contribution in [0.3, 0.4) is 0 Å². The Hall–Kier alpha value is -1.22.